The van der Waals surface area contributed by atoms with Gasteiger partial charge in [0, 0.05) is 6.54 Å². The quantitative estimate of drug-likeness (QED) is 0.832. The Balaban J connectivity index is 2.03. The molecule has 1 aromatic rings. The Morgan fingerprint density at radius 2 is 2.33 bits per heavy atom. The van der Waals surface area contributed by atoms with Gasteiger partial charge >= 0.3 is 0 Å². The van der Waals surface area contributed by atoms with Gasteiger partial charge in [0.25, 0.3) is 5.91 Å². The van der Waals surface area contributed by atoms with Crippen molar-refractivity contribution in [2.75, 3.05) is 13.7 Å². The third kappa shape index (κ3) is 2.79. The number of hydrogen-bond donors (Lipinski definition) is 2. The number of nitrogens with one attached hydrogen (secondary N) is 1. The van der Waals surface area contributed by atoms with Gasteiger partial charge in [0.2, 0.25) is 0 Å². The molecule has 2 rings (SSSR count). The van der Waals surface area contributed by atoms with Gasteiger partial charge in [-0.05, 0) is 30.9 Å². The number of carbonyl (C=O) groups excluding carboxylic acids is 1. The Labute approximate surface area is 105 Å². The van der Waals surface area contributed by atoms with Gasteiger partial charge < -0.3 is 15.2 Å². The van der Waals surface area contributed by atoms with Crippen molar-refractivity contribution in [3.8, 4) is 5.75 Å². The van der Waals surface area contributed by atoms with Crippen LogP contribution in [0.25, 0.3) is 0 Å². The molecule has 0 saturated heterocycles. The van der Waals surface area contributed by atoms with E-state index in [9.17, 15) is 14.3 Å². The number of rotatable bonds is 5. The second-order valence-corrected chi connectivity index (χ2v) is 4.43. The number of amides is 1. The molecule has 1 atom stereocenters. The molecule has 0 spiro atoms. The fourth-order valence-electron chi connectivity index (χ4n) is 1.83. The molecule has 4 nitrogen and oxygen atoms in total. The Hall–Kier alpha value is -1.62. The molecule has 18 heavy (non-hydrogen) atoms. The Morgan fingerprint density at radius 1 is 1.61 bits per heavy atom. The molecule has 0 heterocycles. The van der Waals surface area contributed by atoms with Crippen LogP contribution in [0.4, 0.5) is 4.39 Å². The van der Waals surface area contributed by atoms with E-state index in [0.29, 0.717) is 0 Å². The molecule has 1 fully saturated rings. The van der Waals surface area contributed by atoms with Crippen LogP contribution in [-0.4, -0.2) is 30.8 Å². The predicted octanol–water partition coefficient (Wildman–Crippen LogP) is 1.33. The minimum Gasteiger partial charge on any atom is -0.496 e. The average molecular weight is 253 g/mol. The zero-order valence-electron chi connectivity index (χ0n) is 10.1. The highest BCUT2D eigenvalue weighted by Gasteiger charge is 2.30. The first-order valence-electron chi connectivity index (χ1n) is 5.92. The van der Waals surface area contributed by atoms with Crippen LogP contribution in [0.2, 0.25) is 0 Å². The number of carbonyl (C=O) groups is 1. The smallest absolute Gasteiger partial charge is 0.258 e. The normalized spacial score (nSPS) is 16.2. The highest BCUT2D eigenvalue weighted by molar-refractivity contribution is 5.97. The summed E-state index contributed by atoms with van der Waals surface area (Å²) in [6.45, 7) is 0.140. The van der Waals surface area contributed by atoms with Crippen LogP contribution in [0, 0.1) is 11.7 Å². The molecule has 1 aliphatic rings. The first kappa shape index (κ1) is 12.8. The van der Waals surface area contributed by atoms with Crippen LogP contribution >= 0.6 is 0 Å². The zero-order chi connectivity index (χ0) is 13.1. The second kappa shape index (κ2) is 5.35. The molecule has 0 aliphatic heterocycles. The van der Waals surface area contributed by atoms with Gasteiger partial charge in [0.1, 0.15) is 17.1 Å². The van der Waals surface area contributed by atoms with Crippen LogP contribution in [0.1, 0.15) is 23.2 Å². The lowest BCUT2D eigenvalue weighted by Crippen LogP contribution is -2.33. The van der Waals surface area contributed by atoms with Gasteiger partial charge in [0.15, 0.2) is 0 Å². The van der Waals surface area contributed by atoms with Crippen molar-refractivity contribution in [2.45, 2.75) is 18.9 Å². The van der Waals surface area contributed by atoms with Gasteiger partial charge in [-0.25, -0.2) is 4.39 Å². The van der Waals surface area contributed by atoms with Crippen molar-refractivity contribution < 1.29 is 19.0 Å². The number of aliphatic hydroxyl groups excluding tert-OH is 1. The molecule has 98 valence electrons. The monoisotopic (exact) mass is 253 g/mol. The lowest BCUT2D eigenvalue weighted by atomic mass is 10.1. The predicted molar refractivity (Wildman–Crippen MR) is 64.0 cm³/mol. The molecular formula is C13H16FNO3. The third-order valence-electron chi connectivity index (χ3n) is 3.06. The molecule has 1 saturated carbocycles. The first-order valence-corrected chi connectivity index (χ1v) is 5.92. The summed E-state index contributed by atoms with van der Waals surface area (Å²) in [4.78, 5) is 11.9. The fourth-order valence-corrected chi connectivity index (χ4v) is 1.83. The van der Waals surface area contributed by atoms with Gasteiger partial charge in [0.05, 0.1) is 13.2 Å². The van der Waals surface area contributed by atoms with E-state index >= 15 is 0 Å². The minimum atomic E-state index is -0.632. The van der Waals surface area contributed by atoms with E-state index < -0.39 is 17.8 Å². The van der Waals surface area contributed by atoms with Crippen molar-refractivity contribution in [1.82, 2.24) is 5.32 Å². The van der Waals surface area contributed by atoms with Crippen molar-refractivity contribution in [3.05, 3.63) is 29.6 Å². The van der Waals surface area contributed by atoms with Crippen molar-refractivity contribution in [2.24, 2.45) is 5.92 Å². The summed E-state index contributed by atoms with van der Waals surface area (Å²) in [5.74, 6) is -0.737. The van der Waals surface area contributed by atoms with Crippen LogP contribution < -0.4 is 10.1 Å². The molecule has 0 radical (unpaired) electrons. The lowest BCUT2D eigenvalue weighted by Gasteiger charge is -2.13. The van der Waals surface area contributed by atoms with E-state index in [1.54, 1.807) is 0 Å². The van der Waals surface area contributed by atoms with E-state index in [0.717, 1.165) is 12.8 Å². The van der Waals surface area contributed by atoms with E-state index in [-0.39, 0.29) is 23.8 Å². The van der Waals surface area contributed by atoms with E-state index in [1.807, 2.05) is 0 Å². The molecule has 1 aromatic carbocycles. The second-order valence-electron chi connectivity index (χ2n) is 4.43. The summed E-state index contributed by atoms with van der Waals surface area (Å²) in [6, 6.07) is 4.20. The van der Waals surface area contributed by atoms with E-state index in [1.165, 1.54) is 25.3 Å². The summed E-state index contributed by atoms with van der Waals surface area (Å²) >= 11 is 0. The van der Waals surface area contributed by atoms with E-state index in [2.05, 4.69) is 5.32 Å². The summed E-state index contributed by atoms with van der Waals surface area (Å²) in [7, 11) is 1.38. The molecule has 5 heteroatoms. The van der Waals surface area contributed by atoms with Crippen LogP contribution in [-0.2, 0) is 0 Å². The largest absolute Gasteiger partial charge is 0.496 e. The van der Waals surface area contributed by atoms with Crippen molar-refractivity contribution in [3.63, 3.8) is 0 Å². The van der Waals surface area contributed by atoms with Crippen molar-refractivity contribution in [1.29, 1.82) is 0 Å². The Bertz CT molecular complexity index is 446. The maximum Gasteiger partial charge on any atom is 0.258 e. The summed E-state index contributed by atoms with van der Waals surface area (Å²) in [5.41, 5.74) is -0.122. The molecule has 1 amide bonds. The SMILES string of the molecule is COc1cccc(F)c1C(=O)NCC(O)C1CC1. The summed E-state index contributed by atoms with van der Waals surface area (Å²) in [6.07, 6.45) is 1.42. The van der Waals surface area contributed by atoms with E-state index in [4.69, 9.17) is 4.74 Å². The number of ether oxygens (including phenoxy) is 1. The number of benzene rings is 1. The summed E-state index contributed by atoms with van der Waals surface area (Å²) < 4.78 is 18.5. The standard InChI is InChI=1S/C13H16FNO3/c1-18-11-4-2-3-9(14)12(11)13(17)15-7-10(16)8-5-6-8/h2-4,8,10,16H,5-7H2,1H3,(H,15,17). The minimum absolute atomic E-state index is 0.122. The van der Waals surface area contributed by atoms with Crippen LogP contribution in [0.5, 0.6) is 5.75 Å². The first-order chi connectivity index (χ1) is 8.63. The maximum absolute atomic E-state index is 13.6. The molecule has 0 bridgehead atoms. The summed E-state index contributed by atoms with van der Waals surface area (Å²) in [5, 5.41) is 12.2. The average Bonchev–Trinajstić information content (AvgIpc) is 3.19. The maximum atomic E-state index is 13.6. The topological polar surface area (TPSA) is 58.6 Å². The Morgan fingerprint density at radius 3 is 2.94 bits per heavy atom. The number of hydrogen-bond acceptors (Lipinski definition) is 3. The lowest BCUT2D eigenvalue weighted by molar-refractivity contribution is 0.0894. The highest BCUT2D eigenvalue weighted by atomic mass is 19.1. The zero-order valence-corrected chi connectivity index (χ0v) is 10.1. The highest BCUT2D eigenvalue weighted by Crippen LogP contribution is 2.32. The molecule has 0 aromatic heterocycles. The third-order valence-corrected chi connectivity index (χ3v) is 3.06. The van der Waals surface area contributed by atoms with Gasteiger partial charge in [-0.3, -0.25) is 4.79 Å². The van der Waals surface area contributed by atoms with Gasteiger partial charge in [-0.1, -0.05) is 6.07 Å². The Kier molecular flexibility index (Phi) is 3.81. The molecule has 1 unspecified atom stereocenters. The van der Waals surface area contributed by atoms with Crippen LogP contribution in [0.3, 0.4) is 0 Å². The molecule has 1 aliphatic carbocycles. The van der Waals surface area contributed by atoms with Crippen LogP contribution in [0.15, 0.2) is 18.2 Å². The fraction of sp³-hybridized carbons (Fsp3) is 0.462. The number of methoxy groups -OCH3 is 1. The van der Waals surface area contributed by atoms with Gasteiger partial charge in [-0.15, -0.1) is 0 Å². The number of halogens is 1. The molecular weight excluding hydrogens is 237 g/mol. The van der Waals surface area contributed by atoms with Crippen molar-refractivity contribution >= 4 is 5.91 Å². The van der Waals surface area contributed by atoms with Gasteiger partial charge in [-0.2, -0.15) is 0 Å². The number of aliphatic hydroxyl groups is 1. The molecule has 2 N–H and O–H groups in total.